The zero-order valence-electron chi connectivity index (χ0n) is 12.0. The number of rotatable bonds is 2. The van der Waals surface area contributed by atoms with Crippen LogP contribution in [-0.4, -0.2) is 6.04 Å². The molecule has 1 nitrogen and oxygen atoms in total. The third kappa shape index (κ3) is 2.55. The lowest BCUT2D eigenvalue weighted by molar-refractivity contribution is 0.548. The maximum Gasteiger partial charge on any atom is 0.126 e. The van der Waals surface area contributed by atoms with Crippen molar-refractivity contribution in [2.75, 3.05) is 5.32 Å². The second-order valence-corrected chi connectivity index (χ2v) is 5.85. The molecule has 20 heavy (non-hydrogen) atoms. The van der Waals surface area contributed by atoms with E-state index in [0.29, 0.717) is 17.5 Å². The quantitative estimate of drug-likeness (QED) is 0.835. The summed E-state index contributed by atoms with van der Waals surface area (Å²) in [6, 6.07) is 14.5. The van der Waals surface area contributed by atoms with Gasteiger partial charge in [-0.3, -0.25) is 0 Å². The molecule has 2 heteroatoms. The van der Waals surface area contributed by atoms with E-state index >= 15 is 0 Å². The summed E-state index contributed by atoms with van der Waals surface area (Å²) in [6.07, 6.45) is 1.99. The normalized spacial score (nSPS) is 21.1. The minimum absolute atomic E-state index is 0.0993. The average molecular weight is 269 g/mol. The van der Waals surface area contributed by atoms with Crippen LogP contribution >= 0.6 is 0 Å². The number of nitrogens with one attached hydrogen (secondary N) is 1. The van der Waals surface area contributed by atoms with Crippen LogP contribution in [0, 0.1) is 12.7 Å². The van der Waals surface area contributed by atoms with Gasteiger partial charge in [-0.2, -0.15) is 0 Å². The molecule has 2 aromatic carbocycles. The lowest BCUT2D eigenvalue weighted by atomic mass is 9.83. The molecule has 3 rings (SSSR count). The summed E-state index contributed by atoms with van der Waals surface area (Å²) in [5, 5.41) is 3.52. The third-order valence-electron chi connectivity index (χ3n) is 4.16. The molecule has 2 aromatic rings. The van der Waals surface area contributed by atoms with E-state index in [4.69, 9.17) is 0 Å². The molecule has 1 aliphatic heterocycles. The van der Waals surface area contributed by atoms with E-state index in [1.54, 1.807) is 13.0 Å². The van der Waals surface area contributed by atoms with E-state index < -0.39 is 0 Å². The second kappa shape index (κ2) is 5.28. The highest BCUT2D eigenvalue weighted by molar-refractivity contribution is 5.55. The van der Waals surface area contributed by atoms with Crippen molar-refractivity contribution in [3.8, 4) is 0 Å². The van der Waals surface area contributed by atoms with Crippen molar-refractivity contribution in [2.45, 2.75) is 38.6 Å². The standard InChI is InChI=1S/C18H20FN/c1-12-7-8-14(11-17(12)19)10-15-9-13(2)20-18-6-4-3-5-16(15)18/h3-8,11,13,15,20H,9-10H2,1-2H3. The molecule has 0 bridgehead atoms. The lowest BCUT2D eigenvalue weighted by Gasteiger charge is -2.31. The number of fused-ring (bicyclic) bond motifs is 1. The van der Waals surface area contributed by atoms with E-state index in [9.17, 15) is 4.39 Å². The van der Waals surface area contributed by atoms with Crippen LogP contribution in [0.3, 0.4) is 0 Å². The van der Waals surface area contributed by atoms with Gasteiger partial charge in [0.1, 0.15) is 5.82 Å². The first-order valence-corrected chi connectivity index (χ1v) is 7.24. The van der Waals surface area contributed by atoms with Crippen LogP contribution in [0.2, 0.25) is 0 Å². The van der Waals surface area contributed by atoms with Crippen molar-refractivity contribution in [2.24, 2.45) is 0 Å². The first-order valence-electron chi connectivity index (χ1n) is 7.24. The molecule has 0 saturated carbocycles. The Kier molecular flexibility index (Phi) is 3.47. The van der Waals surface area contributed by atoms with Crippen LogP contribution in [-0.2, 0) is 6.42 Å². The van der Waals surface area contributed by atoms with Crippen LogP contribution in [0.1, 0.15) is 36.0 Å². The zero-order chi connectivity index (χ0) is 14.1. The number of halogens is 1. The Morgan fingerprint density at radius 1 is 1.20 bits per heavy atom. The summed E-state index contributed by atoms with van der Waals surface area (Å²) < 4.78 is 13.7. The van der Waals surface area contributed by atoms with E-state index in [1.807, 2.05) is 12.1 Å². The molecule has 0 saturated heterocycles. The van der Waals surface area contributed by atoms with Crippen LogP contribution in [0.5, 0.6) is 0 Å². The monoisotopic (exact) mass is 269 g/mol. The molecular weight excluding hydrogens is 249 g/mol. The fraction of sp³-hybridized carbons (Fsp3) is 0.333. The van der Waals surface area contributed by atoms with E-state index in [2.05, 4.69) is 36.5 Å². The topological polar surface area (TPSA) is 12.0 Å². The zero-order valence-corrected chi connectivity index (χ0v) is 12.0. The minimum atomic E-state index is -0.0993. The van der Waals surface area contributed by atoms with Gasteiger partial charge in [0.15, 0.2) is 0 Å². The largest absolute Gasteiger partial charge is 0.382 e. The fourth-order valence-electron chi connectivity index (χ4n) is 3.10. The number of benzene rings is 2. The maximum absolute atomic E-state index is 13.7. The van der Waals surface area contributed by atoms with Crippen LogP contribution in [0.25, 0.3) is 0 Å². The Morgan fingerprint density at radius 3 is 2.80 bits per heavy atom. The van der Waals surface area contributed by atoms with Gasteiger partial charge < -0.3 is 5.32 Å². The van der Waals surface area contributed by atoms with Gasteiger partial charge in [-0.05, 0) is 61.4 Å². The number of para-hydroxylation sites is 1. The first kappa shape index (κ1) is 13.2. The molecule has 0 aliphatic carbocycles. The highest BCUT2D eigenvalue weighted by Crippen LogP contribution is 2.36. The van der Waals surface area contributed by atoms with Crippen molar-refractivity contribution in [3.05, 3.63) is 65.0 Å². The van der Waals surface area contributed by atoms with Gasteiger partial charge >= 0.3 is 0 Å². The molecule has 2 atom stereocenters. The Morgan fingerprint density at radius 2 is 2.00 bits per heavy atom. The van der Waals surface area contributed by atoms with Crippen LogP contribution in [0.4, 0.5) is 10.1 Å². The molecule has 2 unspecified atom stereocenters. The number of hydrogen-bond donors (Lipinski definition) is 1. The van der Waals surface area contributed by atoms with E-state index in [1.165, 1.54) is 11.3 Å². The molecule has 0 fully saturated rings. The fourth-order valence-corrected chi connectivity index (χ4v) is 3.10. The molecule has 1 N–H and O–H groups in total. The SMILES string of the molecule is Cc1ccc(CC2CC(C)Nc3ccccc32)cc1F. The van der Waals surface area contributed by atoms with Crippen molar-refractivity contribution in [3.63, 3.8) is 0 Å². The van der Waals surface area contributed by atoms with Crippen LogP contribution in [0.15, 0.2) is 42.5 Å². The summed E-state index contributed by atoms with van der Waals surface area (Å²) >= 11 is 0. The highest BCUT2D eigenvalue weighted by atomic mass is 19.1. The molecule has 0 spiro atoms. The van der Waals surface area contributed by atoms with Gasteiger partial charge in [-0.25, -0.2) is 4.39 Å². The lowest BCUT2D eigenvalue weighted by Crippen LogP contribution is -2.26. The van der Waals surface area contributed by atoms with Crippen LogP contribution < -0.4 is 5.32 Å². The summed E-state index contributed by atoms with van der Waals surface area (Å²) in [5.74, 6) is 0.363. The average Bonchev–Trinajstić information content (AvgIpc) is 2.43. The van der Waals surface area contributed by atoms with Gasteiger partial charge in [0.25, 0.3) is 0 Å². The van der Waals surface area contributed by atoms with Gasteiger partial charge in [0, 0.05) is 11.7 Å². The summed E-state index contributed by atoms with van der Waals surface area (Å²) in [4.78, 5) is 0. The van der Waals surface area contributed by atoms with Crippen molar-refractivity contribution >= 4 is 5.69 Å². The molecule has 1 aliphatic rings. The van der Waals surface area contributed by atoms with Crippen molar-refractivity contribution in [1.82, 2.24) is 0 Å². The predicted molar refractivity (Wildman–Crippen MR) is 81.7 cm³/mol. The van der Waals surface area contributed by atoms with Gasteiger partial charge in [-0.1, -0.05) is 30.3 Å². The third-order valence-corrected chi connectivity index (χ3v) is 4.16. The number of hydrogen-bond acceptors (Lipinski definition) is 1. The maximum atomic E-state index is 13.7. The Bertz CT molecular complexity index is 621. The first-order chi connectivity index (χ1) is 9.63. The molecule has 0 radical (unpaired) electrons. The molecule has 1 heterocycles. The number of anilines is 1. The Hall–Kier alpha value is -1.83. The summed E-state index contributed by atoms with van der Waals surface area (Å²) in [5.41, 5.74) is 4.38. The van der Waals surface area contributed by atoms with Crippen molar-refractivity contribution < 1.29 is 4.39 Å². The Balaban J connectivity index is 1.89. The second-order valence-electron chi connectivity index (χ2n) is 5.85. The molecule has 0 amide bonds. The van der Waals surface area contributed by atoms with Gasteiger partial charge in [0.2, 0.25) is 0 Å². The van der Waals surface area contributed by atoms with Crippen molar-refractivity contribution in [1.29, 1.82) is 0 Å². The minimum Gasteiger partial charge on any atom is -0.382 e. The molecule has 0 aromatic heterocycles. The Labute approximate surface area is 119 Å². The molecule has 104 valence electrons. The van der Waals surface area contributed by atoms with E-state index in [0.717, 1.165) is 18.4 Å². The number of aryl methyl sites for hydroxylation is 1. The van der Waals surface area contributed by atoms with Gasteiger partial charge in [0.05, 0.1) is 0 Å². The summed E-state index contributed by atoms with van der Waals surface area (Å²) in [7, 11) is 0. The summed E-state index contributed by atoms with van der Waals surface area (Å²) in [6.45, 7) is 4.01. The van der Waals surface area contributed by atoms with Gasteiger partial charge in [-0.15, -0.1) is 0 Å². The predicted octanol–water partition coefficient (Wildman–Crippen LogP) is 4.66. The smallest absolute Gasteiger partial charge is 0.126 e. The highest BCUT2D eigenvalue weighted by Gasteiger charge is 2.24. The molecular formula is C18H20FN. The van der Waals surface area contributed by atoms with E-state index in [-0.39, 0.29) is 5.82 Å².